The van der Waals surface area contributed by atoms with Crippen LogP contribution < -0.4 is 19.1 Å². The van der Waals surface area contributed by atoms with E-state index in [0.29, 0.717) is 31.3 Å². The summed E-state index contributed by atoms with van der Waals surface area (Å²) in [5, 5.41) is 2.99. The number of fused-ring (bicyclic) bond motifs is 1. The summed E-state index contributed by atoms with van der Waals surface area (Å²) in [5.74, 6) is -0.0737. The molecule has 0 spiro atoms. The minimum Gasteiger partial charge on any atom is -0.486 e. The third-order valence-corrected chi connectivity index (χ3v) is 9.43. The molecule has 0 bridgehead atoms. The molecule has 2 amide bonds. The van der Waals surface area contributed by atoms with Gasteiger partial charge in [-0.05, 0) is 48.7 Å². The zero-order chi connectivity index (χ0) is 30.8. The zero-order valence-corrected chi connectivity index (χ0v) is 26.9. The van der Waals surface area contributed by atoms with Gasteiger partial charge in [-0.3, -0.25) is 13.9 Å². The standard InChI is InChI=1S/C32H38BrN3O6S/c1-3-5-17-34-32(38)28(20-24-9-7-6-8-10-24)35(22-25-11-13-26(33)14-12-25)31(37)23-36(43(39,40)4-2)27-15-16-29-30(21-27)42-19-18-41-29/h6-16,21,28H,3-5,17-20,22-23H2,1-2H3,(H,34,38)/t28-/m0/s1. The normalized spacial score (nSPS) is 13.2. The highest BCUT2D eigenvalue weighted by Gasteiger charge is 2.34. The number of anilines is 1. The van der Waals surface area contributed by atoms with E-state index < -0.39 is 28.5 Å². The number of carbonyl (C=O) groups excluding carboxylic acids is 2. The van der Waals surface area contributed by atoms with E-state index in [2.05, 4.69) is 21.2 Å². The van der Waals surface area contributed by atoms with Gasteiger partial charge in [0, 0.05) is 30.0 Å². The molecule has 1 heterocycles. The Morgan fingerprint density at radius 2 is 1.63 bits per heavy atom. The number of carbonyl (C=O) groups is 2. The Morgan fingerprint density at radius 3 is 2.30 bits per heavy atom. The van der Waals surface area contributed by atoms with Crippen molar-refractivity contribution in [2.45, 2.75) is 45.7 Å². The Bertz CT molecular complexity index is 1480. The quantitative estimate of drug-likeness (QED) is 0.244. The van der Waals surface area contributed by atoms with Gasteiger partial charge in [0.05, 0.1) is 11.4 Å². The van der Waals surface area contributed by atoms with Crippen LogP contribution in [0.15, 0.2) is 77.3 Å². The first-order valence-electron chi connectivity index (χ1n) is 14.5. The molecule has 43 heavy (non-hydrogen) atoms. The molecule has 230 valence electrons. The molecule has 0 saturated heterocycles. The van der Waals surface area contributed by atoms with E-state index in [1.807, 2.05) is 61.5 Å². The first-order valence-corrected chi connectivity index (χ1v) is 16.9. The predicted molar refractivity (Wildman–Crippen MR) is 171 cm³/mol. The summed E-state index contributed by atoms with van der Waals surface area (Å²) < 4.78 is 40.0. The fourth-order valence-electron chi connectivity index (χ4n) is 4.75. The maximum atomic E-state index is 14.3. The van der Waals surface area contributed by atoms with Gasteiger partial charge >= 0.3 is 0 Å². The molecule has 9 nitrogen and oxygen atoms in total. The van der Waals surface area contributed by atoms with Crippen molar-refractivity contribution in [3.63, 3.8) is 0 Å². The van der Waals surface area contributed by atoms with Crippen LogP contribution in [0.25, 0.3) is 0 Å². The van der Waals surface area contributed by atoms with Gasteiger partial charge in [-0.2, -0.15) is 0 Å². The third-order valence-electron chi connectivity index (χ3n) is 7.16. The Morgan fingerprint density at radius 1 is 0.930 bits per heavy atom. The van der Waals surface area contributed by atoms with Crippen molar-refractivity contribution in [2.75, 3.05) is 36.4 Å². The van der Waals surface area contributed by atoms with Crippen LogP contribution in [0.1, 0.15) is 37.8 Å². The van der Waals surface area contributed by atoms with Gasteiger partial charge in [-0.25, -0.2) is 8.42 Å². The molecule has 4 rings (SSSR count). The molecule has 0 radical (unpaired) electrons. The number of ether oxygens (including phenoxy) is 2. The maximum Gasteiger partial charge on any atom is 0.244 e. The highest BCUT2D eigenvalue weighted by molar-refractivity contribution is 9.10. The number of benzene rings is 3. The van der Waals surface area contributed by atoms with E-state index in [1.54, 1.807) is 18.2 Å². The SMILES string of the molecule is CCCCNC(=O)[C@H](Cc1ccccc1)N(Cc1ccc(Br)cc1)C(=O)CN(c1ccc2c(c1)OCCO2)S(=O)(=O)CC. The molecular weight excluding hydrogens is 634 g/mol. The monoisotopic (exact) mass is 671 g/mol. The van der Waals surface area contributed by atoms with Gasteiger partial charge in [0.25, 0.3) is 0 Å². The lowest BCUT2D eigenvalue weighted by Gasteiger charge is -2.34. The maximum absolute atomic E-state index is 14.3. The van der Waals surface area contributed by atoms with Crippen molar-refractivity contribution >= 4 is 43.5 Å². The Labute approximate surface area is 262 Å². The molecular formula is C32H38BrN3O6S. The zero-order valence-electron chi connectivity index (χ0n) is 24.5. The van der Waals surface area contributed by atoms with E-state index in [-0.39, 0.29) is 30.3 Å². The average molecular weight is 673 g/mol. The minimum atomic E-state index is -3.89. The van der Waals surface area contributed by atoms with Crippen LogP contribution in [-0.4, -0.2) is 63.2 Å². The third kappa shape index (κ3) is 8.73. The van der Waals surface area contributed by atoms with E-state index >= 15 is 0 Å². The number of halogens is 1. The van der Waals surface area contributed by atoms with Gasteiger partial charge < -0.3 is 19.7 Å². The molecule has 0 aromatic heterocycles. The van der Waals surface area contributed by atoms with E-state index in [0.717, 1.165) is 32.7 Å². The van der Waals surface area contributed by atoms with E-state index in [9.17, 15) is 18.0 Å². The molecule has 1 aliphatic heterocycles. The predicted octanol–water partition coefficient (Wildman–Crippen LogP) is 4.93. The largest absolute Gasteiger partial charge is 0.486 e. The van der Waals surface area contributed by atoms with Crippen molar-refractivity contribution in [1.29, 1.82) is 0 Å². The second kappa shape index (κ2) is 15.2. The van der Waals surface area contributed by atoms with Crippen molar-refractivity contribution < 1.29 is 27.5 Å². The second-order valence-electron chi connectivity index (χ2n) is 10.2. The highest BCUT2D eigenvalue weighted by Crippen LogP contribution is 2.35. The van der Waals surface area contributed by atoms with Crippen LogP contribution in [-0.2, 0) is 32.6 Å². The van der Waals surface area contributed by atoms with Gasteiger partial charge in [0.2, 0.25) is 21.8 Å². The summed E-state index contributed by atoms with van der Waals surface area (Å²) in [5.41, 5.74) is 1.98. The summed E-state index contributed by atoms with van der Waals surface area (Å²) in [7, 11) is -3.89. The average Bonchev–Trinajstić information content (AvgIpc) is 3.02. The number of rotatable bonds is 14. The first kappa shape index (κ1) is 32.3. The molecule has 11 heteroatoms. The van der Waals surface area contributed by atoms with Gasteiger partial charge in [-0.1, -0.05) is 71.7 Å². The molecule has 0 saturated carbocycles. The number of hydrogen-bond acceptors (Lipinski definition) is 6. The van der Waals surface area contributed by atoms with E-state index in [1.165, 1.54) is 11.8 Å². The molecule has 0 unspecified atom stereocenters. The Hall–Kier alpha value is -3.57. The Balaban J connectivity index is 1.72. The van der Waals surface area contributed by atoms with Crippen LogP contribution in [0.2, 0.25) is 0 Å². The molecule has 1 atom stereocenters. The minimum absolute atomic E-state index is 0.117. The van der Waals surface area contributed by atoms with Crippen LogP contribution in [0, 0.1) is 0 Å². The number of hydrogen-bond donors (Lipinski definition) is 1. The summed E-state index contributed by atoms with van der Waals surface area (Å²) in [6, 6.07) is 20.9. The number of nitrogens with zero attached hydrogens (tertiary/aromatic N) is 2. The van der Waals surface area contributed by atoms with Crippen LogP contribution in [0.3, 0.4) is 0 Å². The molecule has 0 fully saturated rings. The smallest absolute Gasteiger partial charge is 0.244 e. The van der Waals surface area contributed by atoms with E-state index in [4.69, 9.17) is 9.47 Å². The van der Waals surface area contributed by atoms with Gasteiger partial charge in [-0.15, -0.1) is 0 Å². The highest BCUT2D eigenvalue weighted by atomic mass is 79.9. The number of unbranched alkanes of at least 4 members (excludes halogenated alkanes) is 1. The molecule has 1 aliphatic rings. The summed E-state index contributed by atoms with van der Waals surface area (Å²) in [6.07, 6.45) is 1.98. The molecule has 1 N–H and O–H groups in total. The van der Waals surface area contributed by atoms with Crippen molar-refractivity contribution in [3.8, 4) is 11.5 Å². The van der Waals surface area contributed by atoms with Crippen molar-refractivity contribution in [2.24, 2.45) is 0 Å². The first-order chi connectivity index (χ1) is 20.7. The number of nitrogens with one attached hydrogen (secondary N) is 1. The summed E-state index contributed by atoms with van der Waals surface area (Å²) in [4.78, 5) is 29.5. The lowest BCUT2D eigenvalue weighted by molar-refractivity contribution is -0.140. The van der Waals surface area contributed by atoms with Crippen LogP contribution in [0.4, 0.5) is 5.69 Å². The summed E-state index contributed by atoms with van der Waals surface area (Å²) >= 11 is 3.45. The fourth-order valence-corrected chi connectivity index (χ4v) is 6.07. The lowest BCUT2D eigenvalue weighted by atomic mass is 10.0. The van der Waals surface area contributed by atoms with Crippen LogP contribution >= 0.6 is 15.9 Å². The number of amides is 2. The summed E-state index contributed by atoms with van der Waals surface area (Å²) in [6.45, 7) is 4.42. The van der Waals surface area contributed by atoms with Crippen molar-refractivity contribution in [1.82, 2.24) is 10.2 Å². The number of sulfonamides is 1. The van der Waals surface area contributed by atoms with Gasteiger partial charge in [0.1, 0.15) is 25.8 Å². The second-order valence-corrected chi connectivity index (χ2v) is 13.3. The molecule has 3 aromatic rings. The van der Waals surface area contributed by atoms with Crippen LogP contribution in [0.5, 0.6) is 11.5 Å². The van der Waals surface area contributed by atoms with Crippen molar-refractivity contribution in [3.05, 3.63) is 88.4 Å². The lowest BCUT2D eigenvalue weighted by Crippen LogP contribution is -2.53. The fraction of sp³-hybridized carbons (Fsp3) is 0.375. The van der Waals surface area contributed by atoms with Gasteiger partial charge in [0.15, 0.2) is 11.5 Å². The Kier molecular flexibility index (Phi) is 11.5. The topological polar surface area (TPSA) is 105 Å². The molecule has 0 aliphatic carbocycles. The molecule has 3 aromatic carbocycles.